The number of nitrogens with two attached hydrogens (primary N) is 3. The smallest absolute Gasteiger partial charge is 0.327 e. The average molecular weight is 738 g/mol. The molecule has 0 aliphatic rings. The number of esters is 1. The molecule has 1 aromatic carbocycles. The number of allylic oxidation sites excluding steroid dienone is 4. The zero-order chi connectivity index (χ0) is 40.0. The second kappa shape index (κ2) is 38.1. The highest BCUT2D eigenvalue weighted by Crippen LogP contribution is 2.11. The molecule has 0 aliphatic carbocycles. The molecule has 16 nitrogen and oxygen atoms in total. The topological polar surface area (TPSA) is 225 Å². The van der Waals surface area contributed by atoms with Crippen molar-refractivity contribution in [3.05, 3.63) is 65.8 Å². The summed E-state index contributed by atoms with van der Waals surface area (Å²) in [6.07, 6.45) is 17.0. The summed E-state index contributed by atoms with van der Waals surface area (Å²) in [4.78, 5) is 42.2. The van der Waals surface area contributed by atoms with Crippen LogP contribution in [0.2, 0.25) is 0 Å². The molecule has 1 atom stereocenters. The molecule has 0 radical (unpaired) electrons. The number of hydrogen-bond donors (Lipinski definition) is 6. The molecule has 16 heteroatoms. The number of rotatable bonds is 21. The third-order valence-corrected chi connectivity index (χ3v) is 6.26. The summed E-state index contributed by atoms with van der Waals surface area (Å²) in [5.41, 5.74) is 6.87. The molecule has 9 N–H and O–H groups in total. The molecule has 0 fully saturated rings. The number of carboxylic acids is 1. The number of amidine groups is 2. The van der Waals surface area contributed by atoms with E-state index in [2.05, 4.69) is 82.8 Å². The first kappa shape index (κ1) is 52.2. The van der Waals surface area contributed by atoms with Gasteiger partial charge in [0.05, 0.1) is 12.9 Å². The maximum absolute atomic E-state index is 12.3. The summed E-state index contributed by atoms with van der Waals surface area (Å²) in [6.45, 7) is 15.2. The van der Waals surface area contributed by atoms with Gasteiger partial charge in [0.15, 0.2) is 5.84 Å². The first-order valence-corrected chi connectivity index (χ1v) is 17.6. The van der Waals surface area contributed by atoms with Gasteiger partial charge in [0.1, 0.15) is 12.6 Å². The Bertz CT molecular complexity index is 1160. The highest BCUT2D eigenvalue weighted by Gasteiger charge is 2.17. The Morgan fingerprint density at radius 2 is 1.67 bits per heavy atom. The number of nitrogens with zero attached hydrogens (tertiary/aromatic N) is 4. The Kier molecular flexibility index (Phi) is 38.2. The molecule has 0 aromatic heterocycles. The molecule has 0 spiro atoms. The van der Waals surface area contributed by atoms with E-state index in [9.17, 15) is 9.59 Å². The third kappa shape index (κ3) is 29.6. The number of aliphatic imine (C=N–C) groups is 1. The summed E-state index contributed by atoms with van der Waals surface area (Å²) >= 11 is 0. The predicted molar refractivity (Wildman–Crippen MR) is 210 cm³/mol. The summed E-state index contributed by atoms with van der Waals surface area (Å²) in [7, 11) is 2.84. The Morgan fingerprint density at radius 3 is 2.19 bits per heavy atom. The van der Waals surface area contributed by atoms with Gasteiger partial charge in [-0.3, -0.25) is 19.4 Å². The van der Waals surface area contributed by atoms with Crippen LogP contribution >= 0.6 is 0 Å². The minimum absolute atomic E-state index is 0.108. The van der Waals surface area contributed by atoms with Crippen molar-refractivity contribution in [3.8, 4) is 0 Å². The minimum Gasteiger partial charge on any atom is -0.480 e. The number of carbonyl (C=O) groups excluding carboxylic acids is 1. The molecule has 0 saturated carbocycles. The molecule has 1 unspecified atom stereocenters. The van der Waals surface area contributed by atoms with Crippen molar-refractivity contribution in [2.75, 3.05) is 40.6 Å². The lowest BCUT2D eigenvalue weighted by molar-refractivity contribution is -0.353. The van der Waals surface area contributed by atoms with Crippen LogP contribution in [0.3, 0.4) is 0 Å². The fourth-order valence-corrected chi connectivity index (χ4v) is 3.48. The van der Waals surface area contributed by atoms with Gasteiger partial charge in [0.2, 0.25) is 6.79 Å². The molecule has 0 aliphatic heterocycles. The Balaban J connectivity index is -0.00000125. The zero-order valence-corrected chi connectivity index (χ0v) is 32.8. The van der Waals surface area contributed by atoms with Crippen molar-refractivity contribution in [1.29, 1.82) is 0 Å². The van der Waals surface area contributed by atoms with Crippen LogP contribution in [-0.4, -0.2) is 85.3 Å². The average Bonchev–Trinajstić information content (AvgIpc) is 3.16. The lowest BCUT2D eigenvalue weighted by Crippen LogP contribution is -2.44. The number of aliphatic carboxylic acids is 1. The van der Waals surface area contributed by atoms with E-state index in [1.807, 2.05) is 43.1 Å². The van der Waals surface area contributed by atoms with E-state index in [-0.39, 0.29) is 13.3 Å². The van der Waals surface area contributed by atoms with E-state index >= 15 is 0 Å². The number of ether oxygens (including phenoxy) is 1. The molecule has 0 saturated heterocycles. The first-order chi connectivity index (χ1) is 25.1. The molecule has 0 bridgehead atoms. The lowest BCUT2D eigenvalue weighted by Gasteiger charge is -2.26. The maximum atomic E-state index is 12.3. The van der Waals surface area contributed by atoms with Gasteiger partial charge >= 0.3 is 11.9 Å². The lowest BCUT2D eigenvalue weighted by atomic mass is 10.1. The fraction of sp³-hybridized carbons (Fsp3) is 0.556. The van der Waals surface area contributed by atoms with Crippen molar-refractivity contribution in [1.82, 2.24) is 20.9 Å². The number of carbonyl (C=O) groups is 2. The first-order valence-electron chi connectivity index (χ1n) is 17.6. The van der Waals surface area contributed by atoms with Crippen molar-refractivity contribution in [3.63, 3.8) is 0 Å². The van der Waals surface area contributed by atoms with E-state index in [1.54, 1.807) is 12.2 Å². The molecule has 298 valence electrons. The van der Waals surface area contributed by atoms with E-state index in [1.165, 1.54) is 38.1 Å². The van der Waals surface area contributed by atoms with Gasteiger partial charge in [-0.1, -0.05) is 109 Å². The van der Waals surface area contributed by atoms with Crippen LogP contribution in [0, 0.1) is 0 Å². The second-order valence-corrected chi connectivity index (χ2v) is 10.6. The third-order valence-electron chi connectivity index (χ3n) is 6.26. The summed E-state index contributed by atoms with van der Waals surface area (Å²) < 4.78 is 5.01. The number of unbranched alkanes of at least 4 members (excludes halogenated alkanes) is 1. The standard InChI is InChI=1S/C26H41N7O3.C5H12N2O4.C3H8.C2H6/c1-3-5-12-25(30-18-4-2)33(20-26(34)35-21-36-29)19-17-23-15-13-22(14-16-23)10-8-6-7-9-11-24(31-27)32-28;1-4(5(8)9)7(2)6-11-10-3;1-3-2;1-2/h6-11,13-16H,3-5,12,17-21,27-29H2,1-2H3,(H,31,32);4,6H,1-3H3,(H,8,9);3H2,1-2H3;1-2H3/b7-6-,10-8+,11-9+,30-25?;;;. The van der Waals surface area contributed by atoms with Crippen molar-refractivity contribution in [2.24, 2.45) is 27.7 Å². The Morgan fingerprint density at radius 1 is 1.04 bits per heavy atom. The number of nitrogens with one attached hydrogen (secondary N) is 2. The molecular formula is C36H67N9O7. The van der Waals surface area contributed by atoms with Gasteiger partial charge in [-0.2, -0.15) is 5.10 Å². The number of hydrogen-bond acceptors (Lipinski definition) is 13. The van der Waals surface area contributed by atoms with Crippen LogP contribution in [0.15, 0.2) is 64.7 Å². The van der Waals surface area contributed by atoms with Crippen LogP contribution in [0.5, 0.6) is 0 Å². The maximum Gasteiger partial charge on any atom is 0.327 e. The minimum atomic E-state index is -0.945. The Hall–Kier alpha value is -4.16. The van der Waals surface area contributed by atoms with Crippen molar-refractivity contribution in [2.45, 2.75) is 93.0 Å². The van der Waals surface area contributed by atoms with Gasteiger partial charge in [0, 0.05) is 26.6 Å². The molecule has 1 rings (SSSR count). The van der Waals surface area contributed by atoms with Gasteiger partial charge in [-0.15, -0.1) is 10.6 Å². The zero-order valence-electron chi connectivity index (χ0n) is 32.8. The van der Waals surface area contributed by atoms with E-state index in [0.29, 0.717) is 12.4 Å². The summed E-state index contributed by atoms with van der Waals surface area (Å²) in [6, 6.07) is 7.63. The van der Waals surface area contributed by atoms with E-state index in [0.717, 1.165) is 50.0 Å². The van der Waals surface area contributed by atoms with Crippen LogP contribution < -0.4 is 28.6 Å². The monoisotopic (exact) mass is 738 g/mol. The van der Waals surface area contributed by atoms with Crippen LogP contribution in [-0.2, 0) is 35.5 Å². The molecule has 0 amide bonds. The van der Waals surface area contributed by atoms with E-state index < -0.39 is 18.0 Å². The van der Waals surface area contributed by atoms with Gasteiger partial charge in [0.25, 0.3) is 0 Å². The fourth-order valence-electron chi connectivity index (χ4n) is 3.48. The number of carboxylic acid groups (broad SMARTS) is 1. The highest BCUT2D eigenvalue weighted by molar-refractivity contribution is 5.92. The van der Waals surface area contributed by atoms with Gasteiger partial charge in [-0.05, 0) is 43.4 Å². The van der Waals surface area contributed by atoms with Crippen molar-refractivity contribution < 1.29 is 34.1 Å². The van der Waals surface area contributed by atoms with Crippen LogP contribution in [0.4, 0.5) is 0 Å². The molecule has 0 heterocycles. The van der Waals surface area contributed by atoms with Gasteiger partial charge < -0.3 is 26.0 Å². The molecule has 1 aromatic rings. The van der Waals surface area contributed by atoms with Crippen LogP contribution in [0.1, 0.15) is 91.7 Å². The number of likely N-dealkylation sites (N-methyl/N-ethyl adjacent to an activating group) is 1. The largest absolute Gasteiger partial charge is 0.480 e. The highest BCUT2D eigenvalue weighted by atomic mass is 17.3. The second-order valence-electron chi connectivity index (χ2n) is 10.6. The quantitative estimate of drug-likeness (QED) is 0.0148. The number of hydrazine groups is 2. The normalized spacial score (nSPS) is 12.1. The molecule has 52 heavy (non-hydrogen) atoms. The SMILES string of the molecule is CC.CCC.CCCCC(=NCCC)N(CCc1ccc(/C=C/C=C\C=C\C(=N\N)NN)cc1)CC(=O)OCON.COONN(C)C(C)C(=O)O. The summed E-state index contributed by atoms with van der Waals surface area (Å²) in [5, 5.41) is 13.2. The summed E-state index contributed by atoms with van der Waals surface area (Å²) in [5.74, 6) is 15.4. The molecular weight excluding hydrogens is 670 g/mol. The predicted octanol–water partition coefficient (Wildman–Crippen LogP) is 4.61. The van der Waals surface area contributed by atoms with Crippen molar-refractivity contribution >= 4 is 29.7 Å². The van der Waals surface area contributed by atoms with Gasteiger partial charge in [-0.25, -0.2) is 21.6 Å². The Labute approximate surface area is 311 Å². The van der Waals surface area contributed by atoms with E-state index in [4.69, 9.17) is 32.4 Å². The van der Waals surface area contributed by atoms with Crippen LogP contribution in [0.25, 0.3) is 6.08 Å². The number of hydrazone groups is 1. The number of benzene rings is 1.